The maximum atomic E-state index is 13.0. The minimum absolute atomic E-state index is 0.0663. The number of carbonyl (C=O) groups excluding carboxylic acids is 1. The summed E-state index contributed by atoms with van der Waals surface area (Å²) < 4.78 is 12.4. The van der Waals surface area contributed by atoms with Gasteiger partial charge in [-0.2, -0.15) is 11.2 Å². The largest absolute Gasteiger partial charge is 0.321 e. The average molecular weight is 435 g/mol. The van der Waals surface area contributed by atoms with Gasteiger partial charge in [0.25, 0.3) is 5.91 Å². The van der Waals surface area contributed by atoms with E-state index in [2.05, 4.69) is 27.9 Å². The molecule has 1 aromatic rings. The molecule has 1 amide bonds. The van der Waals surface area contributed by atoms with Gasteiger partial charge in [-0.15, -0.1) is 16.8 Å². The second-order valence-corrected chi connectivity index (χ2v) is 8.82. The molecule has 1 aromatic heterocycles. The molecule has 3 N–H and O–H groups in total. The Kier molecular flexibility index (Phi) is 9.39. The monoisotopic (exact) mass is 434 g/mol. The lowest BCUT2D eigenvalue weighted by Crippen LogP contribution is -2.38. The number of nitrogens with one attached hydrogen (secondary N) is 1. The highest BCUT2D eigenvalue weighted by molar-refractivity contribution is 8.00. The lowest BCUT2D eigenvalue weighted by Gasteiger charge is -2.32. The fraction of sp³-hybridized carbons (Fsp3) is 0.381. The van der Waals surface area contributed by atoms with Crippen LogP contribution in [0.2, 0.25) is 0 Å². The summed E-state index contributed by atoms with van der Waals surface area (Å²) in [6.45, 7) is 12.8. The number of aromatic nitrogens is 1. The van der Waals surface area contributed by atoms with Crippen LogP contribution in [0.1, 0.15) is 45.1 Å². The van der Waals surface area contributed by atoms with Crippen LogP contribution in [-0.2, 0) is 9.88 Å². The van der Waals surface area contributed by atoms with Gasteiger partial charge in [-0.25, -0.2) is 14.3 Å². The third-order valence-electron chi connectivity index (χ3n) is 4.07. The van der Waals surface area contributed by atoms with Gasteiger partial charge in [-0.05, 0) is 58.4 Å². The van der Waals surface area contributed by atoms with Crippen LogP contribution in [-0.4, -0.2) is 27.0 Å². The normalized spacial score (nSPS) is 14.6. The van der Waals surface area contributed by atoms with Crippen molar-refractivity contribution in [2.45, 2.75) is 45.0 Å². The van der Waals surface area contributed by atoms with Crippen LogP contribution in [0.4, 0.5) is 4.39 Å². The summed E-state index contributed by atoms with van der Waals surface area (Å²) in [7, 11) is 0. The van der Waals surface area contributed by atoms with E-state index in [0.717, 1.165) is 12.3 Å². The summed E-state index contributed by atoms with van der Waals surface area (Å²) in [5.41, 5.74) is 0.706. The van der Waals surface area contributed by atoms with Crippen molar-refractivity contribution in [3.8, 4) is 6.07 Å². The quantitative estimate of drug-likeness (QED) is 0.326. The van der Waals surface area contributed by atoms with E-state index in [9.17, 15) is 14.4 Å². The van der Waals surface area contributed by atoms with Crippen LogP contribution < -0.4 is 11.2 Å². The van der Waals surface area contributed by atoms with Crippen molar-refractivity contribution in [3.63, 3.8) is 0 Å². The van der Waals surface area contributed by atoms with E-state index >= 15 is 0 Å². The Bertz CT molecular complexity index is 875. The molecule has 1 atom stereocenters. The molecule has 0 aliphatic rings. The Morgan fingerprint density at radius 2 is 2.13 bits per heavy atom. The van der Waals surface area contributed by atoms with Crippen molar-refractivity contribution in [3.05, 3.63) is 65.4 Å². The van der Waals surface area contributed by atoms with Crippen LogP contribution in [0.5, 0.6) is 0 Å². The smallest absolute Gasteiger partial charge is 0.274 e. The molecule has 0 unspecified atom stereocenters. The van der Waals surface area contributed by atoms with E-state index in [-0.39, 0.29) is 5.69 Å². The third-order valence-corrected chi connectivity index (χ3v) is 5.58. The molecule has 0 saturated carbocycles. The second-order valence-electron chi connectivity index (χ2n) is 7.22. The number of nitrogens with two attached hydrogens (primary N) is 1. The van der Waals surface area contributed by atoms with Crippen LogP contribution in [0.3, 0.4) is 0 Å². The summed E-state index contributed by atoms with van der Waals surface area (Å²) in [5, 5.41) is 12.0. The molecule has 0 saturated heterocycles. The summed E-state index contributed by atoms with van der Waals surface area (Å²) >= 11 is 1.36. The molecule has 0 radical (unpaired) electrons. The molecule has 162 valence electrons. The van der Waals surface area contributed by atoms with Gasteiger partial charge in [-0.3, -0.25) is 4.79 Å². The number of allylic oxidation sites excluding steroid dienone is 2. The molecule has 0 bridgehead atoms. The molecular weight excluding hydrogens is 407 g/mol. The van der Waals surface area contributed by atoms with Gasteiger partial charge in [0, 0.05) is 11.4 Å². The van der Waals surface area contributed by atoms with E-state index in [0.29, 0.717) is 22.6 Å². The first kappa shape index (κ1) is 25.5. The standard InChI is InChI=1S/C21H27FN4O3S/c1-7-16(26-19(27)18-9-8-15(22)11-25-18)10-17(14(2)3)21(6,28-29-24)13-30-20(4,5)12-23/h7-11H,2,13,24H2,1,3-6H3,(H,26,27)/b16-7?,17-10+/t21-/m0/s1. The van der Waals surface area contributed by atoms with Gasteiger partial charge in [0.15, 0.2) is 0 Å². The van der Waals surface area contributed by atoms with Gasteiger partial charge >= 0.3 is 0 Å². The third kappa shape index (κ3) is 7.39. The number of nitriles is 1. The van der Waals surface area contributed by atoms with Crippen LogP contribution in [0.15, 0.2) is 53.9 Å². The predicted molar refractivity (Wildman–Crippen MR) is 115 cm³/mol. The molecule has 0 aromatic carbocycles. The van der Waals surface area contributed by atoms with Gasteiger partial charge in [0.1, 0.15) is 17.1 Å². The van der Waals surface area contributed by atoms with Crippen molar-refractivity contribution in [1.82, 2.24) is 10.3 Å². The van der Waals surface area contributed by atoms with Crippen molar-refractivity contribution in [2.24, 2.45) is 5.90 Å². The van der Waals surface area contributed by atoms with Crippen molar-refractivity contribution in [1.29, 1.82) is 5.26 Å². The van der Waals surface area contributed by atoms with Crippen LogP contribution >= 0.6 is 11.8 Å². The number of hydrogen-bond donors (Lipinski definition) is 2. The number of carbonyl (C=O) groups is 1. The lowest BCUT2D eigenvalue weighted by atomic mass is 9.91. The first-order chi connectivity index (χ1) is 14.0. The van der Waals surface area contributed by atoms with E-state index in [1.54, 1.807) is 46.8 Å². The van der Waals surface area contributed by atoms with E-state index < -0.39 is 22.1 Å². The number of halogens is 1. The summed E-state index contributed by atoms with van der Waals surface area (Å²) in [4.78, 5) is 26.1. The Morgan fingerprint density at radius 1 is 1.47 bits per heavy atom. The van der Waals surface area contributed by atoms with Gasteiger partial charge in [-0.1, -0.05) is 18.2 Å². The maximum Gasteiger partial charge on any atom is 0.274 e. The zero-order valence-electron chi connectivity index (χ0n) is 17.8. The second kappa shape index (κ2) is 11.0. The first-order valence-corrected chi connectivity index (χ1v) is 10.0. The molecule has 0 fully saturated rings. The highest BCUT2D eigenvalue weighted by atomic mass is 32.2. The number of hydrogen-bond acceptors (Lipinski definition) is 7. The molecule has 30 heavy (non-hydrogen) atoms. The molecule has 0 aliphatic heterocycles. The summed E-state index contributed by atoms with van der Waals surface area (Å²) in [5.74, 6) is 4.47. The Hall–Kier alpha value is -2.51. The fourth-order valence-electron chi connectivity index (χ4n) is 2.38. The molecule has 9 heteroatoms. The van der Waals surface area contributed by atoms with Crippen LogP contribution in [0, 0.1) is 17.1 Å². The first-order valence-electron chi connectivity index (χ1n) is 9.05. The van der Waals surface area contributed by atoms with Crippen molar-refractivity contribution < 1.29 is 19.1 Å². The van der Waals surface area contributed by atoms with E-state index in [4.69, 9.17) is 10.8 Å². The summed E-state index contributed by atoms with van der Waals surface area (Å²) in [6.07, 6.45) is 4.33. The zero-order valence-corrected chi connectivity index (χ0v) is 18.6. The topological polar surface area (TPSA) is 110 Å². The van der Waals surface area contributed by atoms with Crippen molar-refractivity contribution >= 4 is 17.7 Å². The fourth-order valence-corrected chi connectivity index (χ4v) is 3.29. The lowest BCUT2D eigenvalue weighted by molar-refractivity contribution is -0.345. The molecule has 0 aliphatic carbocycles. The number of thioether (sulfide) groups is 1. The molecule has 1 heterocycles. The predicted octanol–water partition coefficient (Wildman–Crippen LogP) is 3.97. The number of pyridine rings is 1. The minimum atomic E-state index is -1.06. The average Bonchev–Trinajstić information content (AvgIpc) is 2.70. The molecular formula is C21H27FN4O3S. The van der Waals surface area contributed by atoms with Gasteiger partial charge in [0.05, 0.1) is 17.0 Å². The minimum Gasteiger partial charge on any atom is -0.321 e. The SMILES string of the molecule is C=C(C)/C(=C\C(=CC)NC(=O)c1ccc(F)cn1)[C@](C)(CSC(C)(C)C#N)OON. The van der Waals surface area contributed by atoms with Crippen LogP contribution in [0.25, 0.3) is 0 Å². The Balaban J connectivity index is 3.21. The summed E-state index contributed by atoms with van der Waals surface area (Å²) in [6, 6.07) is 4.66. The Morgan fingerprint density at radius 3 is 2.60 bits per heavy atom. The molecule has 0 spiro atoms. The van der Waals surface area contributed by atoms with Gasteiger partial charge in [0.2, 0.25) is 0 Å². The Labute approximate surface area is 180 Å². The highest BCUT2D eigenvalue weighted by Gasteiger charge is 2.35. The zero-order chi connectivity index (χ0) is 22.9. The molecule has 7 nitrogen and oxygen atoms in total. The van der Waals surface area contributed by atoms with E-state index in [1.165, 1.54) is 17.8 Å². The molecule has 1 rings (SSSR count). The number of nitrogens with zero attached hydrogens (tertiary/aromatic N) is 2. The number of rotatable bonds is 10. The highest BCUT2D eigenvalue weighted by Crippen LogP contribution is 2.35. The number of amides is 1. The van der Waals surface area contributed by atoms with Gasteiger partial charge < -0.3 is 5.32 Å². The maximum absolute atomic E-state index is 13.0. The van der Waals surface area contributed by atoms with E-state index in [1.807, 2.05) is 0 Å². The van der Waals surface area contributed by atoms with Crippen molar-refractivity contribution in [2.75, 3.05) is 5.75 Å².